The van der Waals surface area contributed by atoms with Crippen LogP contribution in [-0.2, 0) is 11.2 Å². The lowest BCUT2D eigenvalue weighted by Gasteiger charge is -2.15. The van der Waals surface area contributed by atoms with Gasteiger partial charge in [-0.15, -0.1) is 0 Å². The zero-order valence-electron chi connectivity index (χ0n) is 9.42. The Kier molecular flexibility index (Phi) is 2.60. The largest absolute Gasteiger partial charge is 0.493 e. The molecule has 1 heterocycles. The van der Waals surface area contributed by atoms with Gasteiger partial charge in [0.1, 0.15) is 0 Å². The van der Waals surface area contributed by atoms with Crippen molar-refractivity contribution >= 4 is 11.6 Å². The highest BCUT2D eigenvalue weighted by Gasteiger charge is 2.27. The third kappa shape index (κ3) is 1.44. The van der Waals surface area contributed by atoms with Gasteiger partial charge in [-0.05, 0) is 11.6 Å². The molecule has 0 atom stereocenters. The van der Waals surface area contributed by atoms with Crippen LogP contribution in [0.2, 0.25) is 0 Å². The summed E-state index contributed by atoms with van der Waals surface area (Å²) in [7, 11) is 4.61. The number of anilines is 1. The first-order valence-corrected chi connectivity index (χ1v) is 4.83. The zero-order chi connectivity index (χ0) is 11.7. The summed E-state index contributed by atoms with van der Waals surface area (Å²) in [6, 6.07) is 1.79. The molecule has 0 saturated heterocycles. The summed E-state index contributed by atoms with van der Waals surface area (Å²) in [5.74, 6) is 1.51. The van der Waals surface area contributed by atoms with Gasteiger partial charge in [0.05, 0.1) is 33.4 Å². The molecule has 0 saturated carbocycles. The number of carbonyl (C=O) groups is 1. The van der Waals surface area contributed by atoms with Crippen LogP contribution in [0.3, 0.4) is 0 Å². The summed E-state index contributed by atoms with van der Waals surface area (Å²) in [5, 5.41) is 2.74. The fraction of sp³-hybridized carbons (Fsp3) is 0.364. The molecule has 0 fully saturated rings. The highest BCUT2D eigenvalue weighted by Crippen LogP contribution is 2.46. The Morgan fingerprint density at radius 3 is 2.38 bits per heavy atom. The lowest BCUT2D eigenvalue weighted by atomic mass is 10.1. The van der Waals surface area contributed by atoms with E-state index in [0.717, 1.165) is 5.56 Å². The molecule has 1 aromatic rings. The molecule has 0 aromatic heterocycles. The van der Waals surface area contributed by atoms with Crippen molar-refractivity contribution in [2.75, 3.05) is 26.6 Å². The quantitative estimate of drug-likeness (QED) is 0.836. The number of fused-ring (bicyclic) bond motifs is 1. The molecule has 5 heteroatoms. The predicted molar refractivity (Wildman–Crippen MR) is 58.4 cm³/mol. The summed E-state index contributed by atoms with van der Waals surface area (Å²) in [5.41, 5.74) is 1.53. The first kappa shape index (κ1) is 10.6. The van der Waals surface area contributed by atoms with E-state index in [2.05, 4.69) is 5.32 Å². The molecule has 0 unspecified atom stereocenters. The second-order valence-corrected chi connectivity index (χ2v) is 3.40. The maximum atomic E-state index is 11.3. The molecular formula is C11H13NO4. The fourth-order valence-corrected chi connectivity index (χ4v) is 1.84. The second kappa shape index (κ2) is 3.92. The highest BCUT2D eigenvalue weighted by atomic mass is 16.5. The fourth-order valence-electron chi connectivity index (χ4n) is 1.84. The highest BCUT2D eigenvalue weighted by molar-refractivity contribution is 6.02. The standard InChI is InChI=1S/C11H13NO4/c1-14-7-4-6-5-8(13)12-9(6)11(16-3)10(7)15-2/h4H,5H2,1-3H3,(H,12,13). The van der Waals surface area contributed by atoms with Crippen LogP contribution in [0.25, 0.3) is 0 Å². The minimum Gasteiger partial charge on any atom is -0.493 e. The van der Waals surface area contributed by atoms with E-state index < -0.39 is 0 Å². The molecule has 0 bridgehead atoms. The number of nitrogens with one attached hydrogen (secondary N) is 1. The van der Waals surface area contributed by atoms with Crippen LogP contribution in [0.15, 0.2) is 6.07 Å². The van der Waals surface area contributed by atoms with Gasteiger partial charge in [0.2, 0.25) is 11.7 Å². The molecule has 1 N–H and O–H groups in total. The molecule has 1 aliphatic rings. The van der Waals surface area contributed by atoms with Gasteiger partial charge in [-0.25, -0.2) is 0 Å². The topological polar surface area (TPSA) is 56.8 Å². The van der Waals surface area contributed by atoms with Crippen LogP contribution in [0.4, 0.5) is 5.69 Å². The van der Waals surface area contributed by atoms with Crippen LogP contribution in [0.1, 0.15) is 5.56 Å². The normalized spacial score (nSPS) is 13.1. The van der Waals surface area contributed by atoms with Gasteiger partial charge < -0.3 is 19.5 Å². The summed E-state index contributed by atoms with van der Waals surface area (Å²) >= 11 is 0. The van der Waals surface area contributed by atoms with Crippen molar-refractivity contribution in [2.45, 2.75) is 6.42 Å². The van der Waals surface area contributed by atoms with E-state index in [1.807, 2.05) is 0 Å². The first-order chi connectivity index (χ1) is 7.71. The first-order valence-electron chi connectivity index (χ1n) is 4.83. The summed E-state index contributed by atoms with van der Waals surface area (Å²) in [4.78, 5) is 11.3. The SMILES string of the molecule is COc1cc2c(c(OC)c1OC)NC(=O)C2. The maximum absolute atomic E-state index is 11.3. The second-order valence-electron chi connectivity index (χ2n) is 3.40. The van der Waals surface area contributed by atoms with E-state index in [4.69, 9.17) is 14.2 Å². The van der Waals surface area contributed by atoms with Crippen LogP contribution in [0, 0.1) is 0 Å². The van der Waals surface area contributed by atoms with E-state index in [0.29, 0.717) is 29.4 Å². The van der Waals surface area contributed by atoms with Crippen LogP contribution in [-0.4, -0.2) is 27.2 Å². The number of carbonyl (C=O) groups excluding carboxylic acids is 1. The van der Waals surface area contributed by atoms with E-state index in [-0.39, 0.29) is 5.91 Å². The molecule has 1 aromatic carbocycles. The lowest BCUT2D eigenvalue weighted by molar-refractivity contribution is -0.115. The number of hydrogen-bond donors (Lipinski definition) is 1. The minimum absolute atomic E-state index is 0.0522. The van der Waals surface area contributed by atoms with Crippen molar-refractivity contribution in [1.82, 2.24) is 0 Å². The number of methoxy groups -OCH3 is 3. The molecule has 2 rings (SSSR count). The summed E-state index contributed by atoms with van der Waals surface area (Å²) in [6.07, 6.45) is 0.339. The maximum Gasteiger partial charge on any atom is 0.228 e. The van der Waals surface area contributed by atoms with Gasteiger partial charge >= 0.3 is 0 Å². The van der Waals surface area contributed by atoms with E-state index >= 15 is 0 Å². The Hall–Kier alpha value is -1.91. The van der Waals surface area contributed by atoms with Crippen molar-refractivity contribution < 1.29 is 19.0 Å². The number of rotatable bonds is 3. The summed E-state index contributed by atoms with van der Waals surface area (Å²) in [6.45, 7) is 0. The van der Waals surface area contributed by atoms with Crippen molar-refractivity contribution in [3.8, 4) is 17.2 Å². The molecule has 5 nitrogen and oxygen atoms in total. The molecule has 16 heavy (non-hydrogen) atoms. The van der Waals surface area contributed by atoms with Crippen molar-refractivity contribution in [3.05, 3.63) is 11.6 Å². The smallest absolute Gasteiger partial charge is 0.228 e. The predicted octanol–water partition coefficient (Wildman–Crippen LogP) is 1.21. The van der Waals surface area contributed by atoms with Crippen LogP contribution in [0.5, 0.6) is 17.2 Å². The molecule has 86 valence electrons. The number of ether oxygens (including phenoxy) is 3. The Morgan fingerprint density at radius 1 is 1.12 bits per heavy atom. The van der Waals surface area contributed by atoms with Crippen molar-refractivity contribution in [3.63, 3.8) is 0 Å². The van der Waals surface area contributed by atoms with Gasteiger partial charge in [0.25, 0.3) is 0 Å². The third-order valence-corrected chi connectivity index (χ3v) is 2.53. The zero-order valence-corrected chi connectivity index (χ0v) is 9.42. The Labute approximate surface area is 93.3 Å². The van der Waals surface area contributed by atoms with Gasteiger partial charge in [-0.1, -0.05) is 0 Å². The number of amides is 1. The molecule has 1 amide bonds. The van der Waals surface area contributed by atoms with Crippen LogP contribution >= 0.6 is 0 Å². The Bertz CT molecular complexity index is 442. The molecule has 0 radical (unpaired) electrons. The third-order valence-electron chi connectivity index (χ3n) is 2.53. The lowest BCUT2D eigenvalue weighted by Crippen LogP contribution is -2.04. The summed E-state index contributed by atoms with van der Waals surface area (Å²) < 4.78 is 15.7. The molecule has 1 aliphatic heterocycles. The van der Waals surface area contributed by atoms with Crippen molar-refractivity contribution in [1.29, 1.82) is 0 Å². The van der Waals surface area contributed by atoms with E-state index in [9.17, 15) is 4.79 Å². The molecular weight excluding hydrogens is 210 g/mol. The average Bonchev–Trinajstić information content (AvgIpc) is 2.66. The van der Waals surface area contributed by atoms with E-state index in [1.54, 1.807) is 13.2 Å². The Balaban J connectivity index is 2.63. The van der Waals surface area contributed by atoms with E-state index in [1.165, 1.54) is 14.2 Å². The Morgan fingerprint density at radius 2 is 1.81 bits per heavy atom. The van der Waals surface area contributed by atoms with Crippen LogP contribution < -0.4 is 19.5 Å². The molecule has 0 spiro atoms. The molecule has 0 aliphatic carbocycles. The van der Waals surface area contributed by atoms with Gasteiger partial charge in [0.15, 0.2) is 11.5 Å². The number of benzene rings is 1. The monoisotopic (exact) mass is 223 g/mol. The van der Waals surface area contributed by atoms with Gasteiger partial charge in [-0.2, -0.15) is 0 Å². The average molecular weight is 223 g/mol. The van der Waals surface area contributed by atoms with Crippen molar-refractivity contribution in [2.24, 2.45) is 0 Å². The van der Waals surface area contributed by atoms with Gasteiger partial charge in [-0.3, -0.25) is 4.79 Å². The van der Waals surface area contributed by atoms with Gasteiger partial charge in [0, 0.05) is 0 Å². The minimum atomic E-state index is -0.0522. The number of hydrogen-bond acceptors (Lipinski definition) is 4.